The molecule has 0 bridgehead atoms. The number of anilines is 2. The van der Waals surface area contributed by atoms with Crippen molar-refractivity contribution in [1.29, 1.82) is 0 Å². The van der Waals surface area contributed by atoms with Gasteiger partial charge in [0.15, 0.2) is 0 Å². The van der Waals surface area contributed by atoms with Crippen LogP contribution >= 0.6 is 12.4 Å². The molecule has 2 aromatic rings. The van der Waals surface area contributed by atoms with Gasteiger partial charge in [0.25, 0.3) is 0 Å². The Morgan fingerprint density at radius 2 is 1.22 bits per heavy atom. The number of fused-ring (bicyclic) bond motifs is 2. The number of piperidine rings is 2. The molecule has 292 valence electrons. The third kappa shape index (κ3) is 10.7. The van der Waals surface area contributed by atoms with Gasteiger partial charge in [0.2, 0.25) is 11.8 Å². The molecule has 0 saturated carbocycles. The van der Waals surface area contributed by atoms with Crippen LogP contribution < -0.4 is 16.0 Å². The maximum absolute atomic E-state index is 12.9. The molecule has 14 nitrogen and oxygen atoms in total. The second kappa shape index (κ2) is 16.7. The number of aliphatic carboxylic acids is 1. The minimum atomic E-state index is -0.990. The smallest absolute Gasteiger partial charge is 0.410 e. The number of aromatic nitrogens is 2. The van der Waals surface area contributed by atoms with Crippen molar-refractivity contribution in [2.45, 2.75) is 91.3 Å². The largest absolute Gasteiger partial charge is 0.478 e. The number of ether oxygens (including phenoxy) is 2. The van der Waals surface area contributed by atoms with Crippen molar-refractivity contribution in [3.63, 3.8) is 0 Å². The molecule has 0 unspecified atom stereocenters. The quantitative estimate of drug-likeness (QED) is 0.230. The molecule has 3 amide bonds. The van der Waals surface area contributed by atoms with E-state index in [2.05, 4.69) is 25.9 Å². The minimum Gasteiger partial charge on any atom is -0.478 e. The molecule has 15 heteroatoms. The fourth-order valence-corrected chi connectivity index (χ4v) is 6.93. The number of likely N-dealkylation sites (tertiary alicyclic amines) is 1. The number of carbonyl (C=O) groups excluding carboxylic acids is 4. The van der Waals surface area contributed by atoms with Crippen LogP contribution in [0.4, 0.5) is 16.4 Å². The van der Waals surface area contributed by atoms with Gasteiger partial charge in [0.1, 0.15) is 22.8 Å². The SMILES string of the molecule is CC(C)(C)OC(=O)/C=C/c1cnc2c(c1)CC1(CCN(C(=O)OC(C)(C)C)CC1)C(=O)N2.Cl.O=C(O)/C=C/c1cnc2c(c1)CC1(CCNCC1)C(=O)N2. The van der Waals surface area contributed by atoms with E-state index in [1.165, 1.54) is 12.2 Å². The van der Waals surface area contributed by atoms with Gasteiger partial charge in [0.05, 0.1) is 10.8 Å². The number of hydrogen-bond donors (Lipinski definition) is 4. The van der Waals surface area contributed by atoms with E-state index in [9.17, 15) is 24.0 Å². The van der Waals surface area contributed by atoms with Crippen LogP contribution in [0.5, 0.6) is 0 Å². The number of amides is 3. The van der Waals surface area contributed by atoms with Crippen LogP contribution in [0.1, 0.15) is 89.5 Å². The van der Waals surface area contributed by atoms with Gasteiger partial charge in [-0.2, -0.15) is 0 Å². The number of nitrogens with zero attached hydrogens (tertiary/aromatic N) is 3. The maximum Gasteiger partial charge on any atom is 0.410 e. The molecule has 6 heterocycles. The molecule has 4 aliphatic rings. The molecule has 0 aliphatic carbocycles. The summed E-state index contributed by atoms with van der Waals surface area (Å²) in [5.41, 5.74) is 1.34. The number of pyridine rings is 2. The minimum absolute atomic E-state index is 0. The summed E-state index contributed by atoms with van der Waals surface area (Å²) < 4.78 is 10.7. The van der Waals surface area contributed by atoms with Gasteiger partial charge in [-0.15, -0.1) is 12.4 Å². The highest BCUT2D eigenvalue weighted by atomic mass is 35.5. The first-order valence-corrected chi connectivity index (χ1v) is 18.0. The molecule has 4 N–H and O–H groups in total. The van der Waals surface area contributed by atoms with Crippen molar-refractivity contribution < 1.29 is 38.6 Å². The van der Waals surface area contributed by atoms with E-state index in [0.29, 0.717) is 50.4 Å². The van der Waals surface area contributed by atoms with Gasteiger partial charge in [-0.25, -0.2) is 24.4 Å². The highest BCUT2D eigenvalue weighted by Crippen LogP contribution is 2.42. The Morgan fingerprint density at radius 3 is 1.69 bits per heavy atom. The Kier molecular flexibility index (Phi) is 13.0. The number of hydrogen-bond acceptors (Lipinski definition) is 10. The molecule has 2 fully saturated rings. The lowest BCUT2D eigenvalue weighted by molar-refractivity contribution is -0.148. The van der Waals surface area contributed by atoms with Gasteiger partial charge in [-0.05, 0) is 140 Å². The molecule has 0 radical (unpaired) electrons. The Labute approximate surface area is 322 Å². The molecule has 2 saturated heterocycles. The zero-order valence-electron chi connectivity index (χ0n) is 31.7. The number of rotatable bonds is 4. The van der Waals surface area contributed by atoms with Crippen molar-refractivity contribution in [1.82, 2.24) is 20.2 Å². The highest BCUT2D eigenvalue weighted by molar-refractivity contribution is 5.99. The summed E-state index contributed by atoms with van der Waals surface area (Å²) in [7, 11) is 0. The van der Waals surface area contributed by atoms with Gasteiger partial charge in [-0.3, -0.25) is 9.59 Å². The lowest BCUT2D eigenvalue weighted by Gasteiger charge is -2.43. The summed E-state index contributed by atoms with van der Waals surface area (Å²) in [6, 6.07) is 3.84. The zero-order valence-corrected chi connectivity index (χ0v) is 32.6. The Hall–Kier alpha value is -4.82. The van der Waals surface area contributed by atoms with E-state index in [4.69, 9.17) is 14.6 Å². The predicted octanol–water partition coefficient (Wildman–Crippen LogP) is 5.41. The fraction of sp³-hybridized carbons (Fsp3) is 0.513. The lowest BCUT2D eigenvalue weighted by atomic mass is 9.71. The van der Waals surface area contributed by atoms with Crippen LogP contribution in [-0.4, -0.2) is 87.2 Å². The molecular formula is C39H51ClN6O8. The Bertz CT molecular complexity index is 1820. The van der Waals surface area contributed by atoms with Crippen LogP contribution in [0.2, 0.25) is 0 Å². The third-order valence-electron chi connectivity index (χ3n) is 9.63. The molecule has 6 rings (SSSR count). The van der Waals surface area contributed by atoms with E-state index < -0.39 is 28.6 Å². The van der Waals surface area contributed by atoms with Crippen LogP contribution in [-0.2, 0) is 41.5 Å². The topological polar surface area (TPSA) is 189 Å². The highest BCUT2D eigenvalue weighted by Gasteiger charge is 2.46. The number of nitrogens with one attached hydrogen (secondary N) is 3. The van der Waals surface area contributed by atoms with Gasteiger partial charge >= 0.3 is 18.0 Å². The summed E-state index contributed by atoms with van der Waals surface area (Å²) in [5, 5.41) is 17.8. The van der Waals surface area contributed by atoms with Crippen LogP contribution in [0, 0.1) is 10.8 Å². The van der Waals surface area contributed by atoms with E-state index in [0.717, 1.165) is 54.3 Å². The van der Waals surface area contributed by atoms with E-state index >= 15 is 0 Å². The predicted molar refractivity (Wildman–Crippen MR) is 206 cm³/mol. The molecule has 4 aliphatic heterocycles. The van der Waals surface area contributed by atoms with Crippen LogP contribution in [0.15, 0.2) is 36.7 Å². The van der Waals surface area contributed by atoms with Crippen molar-refractivity contribution in [2.75, 3.05) is 36.8 Å². The second-order valence-corrected chi connectivity index (χ2v) is 16.1. The summed E-state index contributed by atoms with van der Waals surface area (Å²) in [6.45, 7) is 13.6. The fourth-order valence-electron chi connectivity index (χ4n) is 6.93. The summed E-state index contributed by atoms with van der Waals surface area (Å²) in [6.07, 6.45) is 12.4. The maximum atomic E-state index is 12.9. The number of esters is 1. The number of carbonyl (C=O) groups is 5. The summed E-state index contributed by atoms with van der Waals surface area (Å²) in [4.78, 5) is 70.4. The Balaban J connectivity index is 0.000000256. The monoisotopic (exact) mass is 766 g/mol. The lowest BCUT2D eigenvalue weighted by Crippen LogP contribution is -2.51. The molecule has 2 aromatic heterocycles. The van der Waals surface area contributed by atoms with E-state index in [1.807, 2.05) is 53.7 Å². The zero-order chi connectivity index (χ0) is 38.6. The Morgan fingerprint density at radius 1 is 0.759 bits per heavy atom. The first kappa shape index (κ1) is 41.9. The van der Waals surface area contributed by atoms with Crippen molar-refractivity contribution in [3.8, 4) is 0 Å². The average Bonchev–Trinajstić information content (AvgIpc) is 3.07. The van der Waals surface area contributed by atoms with Crippen LogP contribution in [0.3, 0.4) is 0 Å². The standard InChI is InChI=1S/C24H33N3O5.C15H17N3O3.ClH/c1-22(2,3)31-18(28)8-7-16-13-17-14-24(20(29)26-19(17)25-15-16)9-11-27(12-10-24)21(30)32-23(4,5)6;19-12(20)2-1-10-7-11-8-15(3-5-16-6-4-15)14(21)18-13(11)17-9-10;/h7-8,13,15H,9-12,14H2,1-6H3,(H,25,26,29);1-2,7,9,16H,3-6,8H2,(H,19,20)(H,17,18,21);1H/b8-7+;2-1+;. The normalized spacial score (nSPS) is 18.7. The molecule has 0 atom stereocenters. The first-order chi connectivity index (χ1) is 24.9. The van der Waals surface area contributed by atoms with Gasteiger partial charge < -0.3 is 35.4 Å². The third-order valence-corrected chi connectivity index (χ3v) is 9.63. The van der Waals surface area contributed by atoms with Crippen molar-refractivity contribution in [3.05, 3.63) is 58.9 Å². The first-order valence-electron chi connectivity index (χ1n) is 18.0. The molecular weight excluding hydrogens is 716 g/mol. The van der Waals surface area contributed by atoms with Crippen molar-refractivity contribution in [2.24, 2.45) is 10.8 Å². The molecule has 0 aromatic carbocycles. The van der Waals surface area contributed by atoms with Gasteiger partial charge in [-0.1, -0.05) is 0 Å². The van der Waals surface area contributed by atoms with Crippen LogP contribution in [0.25, 0.3) is 12.2 Å². The van der Waals surface area contributed by atoms with E-state index in [1.54, 1.807) is 23.4 Å². The second-order valence-electron chi connectivity index (χ2n) is 16.1. The average molecular weight is 767 g/mol. The molecule has 2 spiro atoms. The summed E-state index contributed by atoms with van der Waals surface area (Å²) >= 11 is 0. The molecule has 54 heavy (non-hydrogen) atoms. The number of carboxylic acids is 1. The van der Waals surface area contributed by atoms with Gasteiger partial charge in [0, 0.05) is 37.6 Å². The van der Waals surface area contributed by atoms with Crippen molar-refractivity contribution >= 4 is 66.0 Å². The summed E-state index contributed by atoms with van der Waals surface area (Å²) in [5.74, 6) is -0.275. The number of halogens is 1. The number of carboxylic acid groups (broad SMARTS) is 1. The van der Waals surface area contributed by atoms with E-state index in [-0.39, 0.29) is 35.7 Å².